The second-order valence-electron chi connectivity index (χ2n) is 7.43. The van der Waals surface area contributed by atoms with Crippen molar-refractivity contribution in [2.75, 3.05) is 19.7 Å². The van der Waals surface area contributed by atoms with E-state index in [1.54, 1.807) is 30.3 Å². The van der Waals surface area contributed by atoms with Crippen LogP contribution >= 0.6 is 7.82 Å². The molecule has 0 bridgehead atoms. The maximum Gasteiger partial charge on any atom is 0.469 e. The first kappa shape index (κ1) is 24.3. The maximum absolute atomic E-state index is 13.0. The van der Waals surface area contributed by atoms with Crippen LogP contribution in [0.3, 0.4) is 0 Å². The number of hydrogen-bond acceptors (Lipinski definition) is 4. The first-order valence-corrected chi connectivity index (χ1v) is 11.4. The quantitative estimate of drug-likeness (QED) is 0.591. The third-order valence-corrected chi connectivity index (χ3v) is 5.69. The highest BCUT2D eigenvalue weighted by Gasteiger charge is 2.33. The van der Waals surface area contributed by atoms with Crippen molar-refractivity contribution in [1.82, 2.24) is 4.90 Å². The Hall–Kier alpha value is -2.39. The van der Waals surface area contributed by atoms with Crippen LogP contribution in [-0.2, 0) is 20.1 Å². The Bertz CT molecular complexity index is 940. The third-order valence-electron chi connectivity index (χ3n) is 5.21. The Labute approximate surface area is 183 Å². The van der Waals surface area contributed by atoms with Crippen LogP contribution in [0.15, 0.2) is 54.6 Å². The Balaban J connectivity index is 1.63. The minimum Gasteiger partial charge on any atom is -0.478 e. The third kappa shape index (κ3) is 6.80. The number of phosphoric acid groups is 1. The van der Waals surface area contributed by atoms with Gasteiger partial charge >= 0.3 is 14.0 Å². The summed E-state index contributed by atoms with van der Waals surface area (Å²) in [6.07, 6.45) is -4.58. The number of likely N-dealkylation sites (tertiary alicyclic amines) is 1. The predicted molar refractivity (Wildman–Crippen MR) is 109 cm³/mol. The zero-order chi connectivity index (χ0) is 23.4. The standard InChI is InChI=1S/C21H23F3NO6P/c22-21(23,24)17-8-6-15(7-9-17)16-10-12-25(13-11-16)20(26)19(14-30-32(27,28)29)31-18-4-2-1-3-5-18/h1-9,16,19H,10-14H2,(H2,27,28,29). The van der Waals surface area contributed by atoms with E-state index < -0.39 is 38.2 Å². The van der Waals surface area contributed by atoms with E-state index in [-0.39, 0.29) is 5.92 Å². The summed E-state index contributed by atoms with van der Waals surface area (Å²) in [7, 11) is -4.80. The van der Waals surface area contributed by atoms with Crippen molar-refractivity contribution in [1.29, 1.82) is 0 Å². The number of amides is 1. The molecule has 1 heterocycles. The number of rotatable bonds is 7. The number of carbonyl (C=O) groups excluding carboxylic acids is 1. The Morgan fingerprint density at radius 1 is 1.06 bits per heavy atom. The second-order valence-corrected chi connectivity index (χ2v) is 8.66. The van der Waals surface area contributed by atoms with Gasteiger partial charge in [0.1, 0.15) is 12.4 Å². The average molecular weight is 473 g/mol. The van der Waals surface area contributed by atoms with Crippen LogP contribution in [0, 0.1) is 0 Å². The van der Waals surface area contributed by atoms with Crippen LogP contribution in [0.2, 0.25) is 0 Å². The minimum absolute atomic E-state index is 0.00109. The van der Waals surface area contributed by atoms with Crippen LogP contribution in [0.4, 0.5) is 13.2 Å². The van der Waals surface area contributed by atoms with Crippen LogP contribution in [0.1, 0.15) is 29.9 Å². The summed E-state index contributed by atoms with van der Waals surface area (Å²) in [6, 6.07) is 13.4. The summed E-state index contributed by atoms with van der Waals surface area (Å²) in [5, 5.41) is 0. The van der Waals surface area contributed by atoms with Gasteiger partial charge in [0.2, 0.25) is 6.10 Å². The smallest absolute Gasteiger partial charge is 0.469 e. The molecule has 1 fully saturated rings. The Morgan fingerprint density at radius 2 is 1.66 bits per heavy atom. The number of ether oxygens (including phenoxy) is 1. The van der Waals surface area contributed by atoms with E-state index in [4.69, 9.17) is 14.5 Å². The molecule has 1 atom stereocenters. The molecule has 3 rings (SSSR count). The summed E-state index contributed by atoms with van der Waals surface area (Å²) in [5.74, 6) is -0.130. The van der Waals surface area contributed by atoms with Gasteiger partial charge in [-0.3, -0.25) is 9.32 Å². The lowest BCUT2D eigenvalue weighted by molar-refractivity contribution is -0.141. The van der Waals surface area contributed by atoms with Crippen LogP contribution < -0.4 is 4.74 Å². The molecule has 0 spiro atoms. The van der Waals surface area contributed by atoms with Crippen LogP contribution in [-0.4, -0.2) is 46.4 Å². The summed E-state index contributed by atoms with van der Waals surface area (Å²) >= 11 is 0. The average Bonchev–Trinajstić information content (AvgIpc) is 2.76. The zero-order valence-electron chi connectivity index (χ0n) is 16.9. The summed E-state index contributed by atoms with van der Waals surface area (Å²) in [5.41, 5.74) is 0.0619. The van der Waals surface area contributed by atoms with Crippen molar-refractivity contribution in [2.45, 2.75) is 31.0 Å². The van der Waals surface area contributed by atoms with E-state index in [9.17, 15) is 22.5 Å². The van der Waals surface area contributed by atoms with Gasteiger partial charge < -0.3 is 19.4 Å². The molecule has 1 aliphatic rings. The molecule has 0 aliphatic carbocycles. The van der Waals surface area contributed by atoms with Crippen molar-refractivity contribution in [3.05, 3.63) is 65.7 Å². The van der Waals surface area contributed by atoms with Crippen molar-refractivity contribution < 1.29 is 41.6 Å². The van der Waals surface area contributed by atoms with Gasteiger partial charge in [-0.15, -0.1) is 0 Å². The number of hydrogen-bond donors (Lipinski definition) is 2. The van der Waals surface area contributed by atoms with Gasteiger partial charge in [-0.2, -0.15) is 13.2 Å². The van der Waals surface area contributed by atoms with Crippen LogP contribution in [0.5, 0.6) is 5.75 Å². The molecule has 2 aromatic carbocycles. The van der Waals surface area contributed by atoms with Crippen molar-refractivity contribution in [3.8, 4) is 5.75 Å². The number of para-hydroxylation sites is 1. The van der Waals surface area contributed by atoms with Gasteiger partial charge in [-0.1, -0.05) is 30.3 Å². The van der Waals surface area contributed by atoms with Crippen molar-refractivity contribution >= 4 is 13.7 Å². The molecule has 1 amide bonds. The van der Waals surface area contributed by atoms with Crippen LogP contribution in [0.25, 0.3) is 0 Å². The molecular weight excluding hydrogens is 450 g/mol. The van der Waals surface area contributed by atoms with E-state index in [0.717, 1.165) is 17.7 Å². The molecule has 2 aromatic rings. The number of halogens is 3. The minimum atomic E-state index is -4.80. The van der Waals surface area contributed by atoms with E-state index >= 15 is 0 Å². The van der Waals surface area contributed by atoms with Gasteiger partial charge in [-0.25, -0.2) is 4.57 Å². The number of nitrogens with zero attached hydrogens (tertiary/aromatic N) is 1. The fourth-order valence-corrected chi connectivity index (χ4v) is 3.89. The molecule has 0 saturated carbocycles. The lowest BCUT2D eigenvalue weighted by atomic mass is 9.89. The molecule has 11 heteroatoms. The van der Waals surface area contributed by atoms with Crippen molar-refractivity contribution in [2.24, 2.45) is 0 Å². The van der Waals surface area contributed by atoms with Gasteiger partial charge in [0.25, 0.3) is 5.91 Å². The molecule has 7 nitrogen and oxygen atoms in total. The fourth-order valence-electron chi connectivity index (χ4n) is 3.56. The van der Waals surface area contributed by atoms with E-state index in [0.29, 0.717) is 31.7 Å². The second kappa shape index (κ2) is 10.0. The summed E-state index contributed by atoms with van der Waals surface area (Å²) < 4.78 is 59.5. The molecule has 174 valence electrons. The first-order chi connectivity index (χ1) is 15.0. The number of benzene rings is 2. The molecule has 32 heavy (non-hydrogen) atoms. The molecule has 0 aromatic heterocycles. The fraction of sp³-hybridized carbons (Fsp3) is 0.381. The lowest BCUT2D eigenvalue weighted by Gasteiger charge is -2.34. The summed E-state index contributed by atoms with van der Waals surface area (Å²) in [4.78, 5) is 32.5. The molecule has 2 N–H and O–H groups in total. The topological polar surface area (TPSA) is 96.3 Å². The number of alkyl halides is 3. The monoisotopic (exact) mass is 473 g/mol. The SMILES string of the molecule is O=C(C(COP(=O)(O)O)Oc1ccccc1)N1CCC(c2ccc(C(F)(F)F)cc2)CC1. The Morgan fingerprint density at radius 3 is 2.19 bits per heavy atom. The molecule has 0 radical (unpaired) electrons. The maximum atomic E-state index is 13.0. The molecular formula is C21H23F3NO6P. The summed E-state index contributed by atoms with van der Waals surface area (Å²) in [6.45, 7) is 0.0288. The highest BCUT2D eigenvalue weighted by Crippen LogP contribution is 2.36. The Kier molecular flexibility index (Phi) is 7.61. The van der Waals surface area contributed by atoms with Gasteiger partial charge in [0, 0.05) is 13.1 Å². The highest BCUT2D eigenvalue weighted by atomic mass is 31.2. The normalized spacial score (nSPS) is 16.6. The van der Waals surface area contributed by atoms with Gasteiger partial charge in [-0.05, 0) is 48.6 Å². The van der Waals surface area contributed by atoms with Crippen molar-refractivity contribution in [3.63, 3.8) is 0 Å². The largest absolute Gasteiger partial charge is 0.478 e. The number of phosphoric ester groups is 1. The van der Waals surface area contributed by atoms with Gasteiger partial charge in [0.15, 0.2) is 0 Å². The molecule has 1 aliphatic heterocycles. The van der Waals surface area contributed by atoms with Gasteiger partial charge in [0.05, 0.1) is 5.56 Å². The number of carbonyl (C=O) groups is 1. The highest BCUT2D eigenvalue weighted by molar-refractivity contribution is 7.46. The zero-order valence-corrected chi connectivity index (χ0v) is 17.8. The molecule has 1 saturated heterocycles. The van der Waals surface area contributed by atoms with E-state index in [1.807, 2.05) is 0 Å². The molecule has 1 unspecified atom stereocenters. The number of piperidine rings is 1. The lowest BCUT2D eigenvalue weighted by Crippen LogP contribution is -2.47. The predicted octanol–water partition coefficient (Wildman–Crippen LogP) is 3.97. The van der Waals surface area contributed by atoms with E-state index in [1.165, 1.54) is 17.0 Å². The first-order valence-electron chi connectivity index (χ1n) is 9.90. The van der Waals surface area contributed by atoms with E-state index in [2.05, 4.69) is 4.52 Å².